The molecule has 0 saturated heterocycles. The van der Waals surface area contributed by atoms with Crippen LogP contribution in [0.25, 0.3) is 0 Å². The first-order valence-electron chi connectivity index (χ1n) is 8.47. The van der Waals surface area contributed by atoms with Gasteiger partial charge >= 0.3 is 0 Å². The molecule has 2 aromatic rings. The molecule has 0 aliphatic rings. The lowest BCUT2D eigenvalue weighted by Gasteiger charge is -2.19. The van der Waals surface area contributed by atoms with E-state index < -0.39 is 0 Å². The van der Waals surface area contributed by atoms with E-state index in [0.29, 0.717) is 36.1 Å². The third kappa shape index (κ3) is 6.04. The Morgan fingerprint density at radius 2 is 1.92 bits per heavy atom. The maximum absolute atomic E-state index is 12.4. The van der Waals surface area contributed by atoms with E-state index in [-0.39, 0.29) is 11.5 Å². The number of ether oxygens (including phenoxy) is 3. The highest BCUT2D eigenvalue weighted by molar-refractivity contribution is 6.04. The molecule has 0 spiro atoms. The number of aryl methyl sites for hydroxylation is 1. The van der Waals surface area contributed by atoms with Gasteiger partial charge in [-0.1, -0.05) is 6.07 Å². The van der Waals surface area contributed by atoms with E-state index in [1.165, 1.54) is 6.20 Å². The molecule has 1 aromatic heterocycles. The lowest BCUT2D eigenvalue weighted by Crippen LogP contribution is -2.22. The second kappa shape index (κ2) is 8.67. The Bertz CT molecular complexity index is 736. The van der Waals surface area contributed by atoms with Crippen LogP contribution >= 0.6 is 0 Å². The minimum atomic E-state index is -0.260. The van der Waals surface area contributed by atoms with Crippen molar-refractivity contribution in [3.63, 3.8) is 0 Å². The van der Waals surface area contributed by atoms with Crippen LogP contribution < -0.4 is 14.8 Å². The number of rotatable bonds is 7. The quantitative estimate of drug-likeness (QED) is 0.762. The summed E-state index contributed by atoms with van der Waals surface area (Å²) in [6.07, 6.45) is 1.48. The summed E-state index contributed by atoms with van der Waals surface area (Å²) in [5.74, 6) is 0.798. The van der Waals surface area contributed by atoms with Crippen LogP contribution in [0.2, 0.25) is 0 Å². The van der Waals surface area contributed by atoms with Crippen LogP contribution in [0, 0.1) is 6.92 Å². The number of aromatic nitrogens is 1. The molecule has 0 unspecified atom stereocenters. The van der Waals surface area contributed by atoms with E-state index in [4.69, 9.17) is 14.2 Å². The first kappa shape index (κ1) is 19.7. The van der Waals surface area contributed by atoms with Crippen LogP contribution in [-0.2, 0) is 4.74 Å². The first-order chi connectivity index (χ1) is 12.3. The lowest BCUT2D eigenvalue weighted by atomic mass is 10.2. The van der Waals surface area contributed by atoms with Crippen LogP contribution in [0.15, 0.2) is 36.5 Å². The average molecular weight is 358 g/mol. The maximum Gasteiger partial charge on any atom is 0.257 e. The van der Waals surface area contributed by atoms with Crippen LogP contribution in [0.1, 0.15) is 36.7 Å². The molecule has 0 aliphatic heterocycles. The van der Waals surface area contributed by atoms with Crippen molar-refractivity contribution >= 4 is 11.6 Å². The van der Waals surface area contributed by atoms with Gasteiger partial charge in [0.2, 0.25) is 5.88 Å². The van der Waals surface area contributed by atoms with Gasteiger partial charge in [-0.05, 0) is 51.5 Å². The van der Waals surface area contributed by atoms with E-state index in [9.17, 15) is 4.79 Å². The Morgan fingerprint density at radius 3 is 2.54 bits per heavy atom. The molecule has 2 rings (SSSR count). The summed E-state index contributed by atoms with van der Waals surface area (Å²) in [6.45, 7) is 8.79. The molecule has 1 aromatic carbocycles. The SMILES string of the molecule is COc1ccc(C)cc1NC(=O)c1ccc(OCCOC(C)(C)C)nc1. The van der Waals surface area contributed by atoms with Gasteiger partial charge in [0.25, 0.3) is 5.91 Å². The highest BCUT2D eigenvalue weighted by Gasteiger charge is 2.12. The van der Waals surface area contributed by atoms with E-state index in [1.54, 1.807) is 19.2 Å². The van der Waals surface area contributed by atoms with Crippen molar-refractivity contribution < 1.29 is 19.0 Å². The highest BCUT2D eigenvalue weighted by Crippen LogP contribution is 2.25. The Morgan fingerprint density at radius 1 is 1.15 bits per heavy atom. The first-order valence-corrected chi connectivity index (χ1v) is 8.47. The average Bonchev–Trinajstić information content (AvgIpc) is 2.58. The molecule has 0 fully saturated rings. The molecule has 1 amide bonds. The monoisotopic (exact) mass is 358 g/mol. The lowest BCUT2D eigenvalue weighted by molar-refractivity contribution is -0.0168. The number of benzene rings is 1. The van der Waals surface area contributed by atoms with Crippen molar-refractivity contribution in [2.24, 2.45) is 0 Å². The summed E-state index contributed by atoms with van der Waals surface area (Å²) in [6, 6.07) is 8.94. The molecule has 0 aliphatic carbocycles. The zero-order valence-corrected chi connectivity index (χ0v) is 16.0. The van der Waals surface area contributed by atoms with Gasteiger partial charge in [0.15, 0.2) is 0 Å². The van der Waals surface area contributed by atoms with Crippen molar-refractivity contribution in [3.8, 4) is 11.6 Å². The number of hydrogen-bond donors (Lipinski definition) is 1. The fourth-order valence-corrected chi connectivity index (χ4v) is 2.21. The third-order valence-electron chi connectivity index (χ3n) is 3.47. The van der Waals surface area contributed by atoms with E-state index in [1.807, 2.05) is 45.9 Å². The molecular formula is C20H26N2O4. The second-order valence-electron chi connectivity index (χ2n) is 6.85. The summed E-state index contributed by atoms with van der Waals surface area (Å²) in [5.41, 5.74) is 1.89. The predicted molar refractivity (Wildman–Crippen MR) is 101 cm³/mol. The number of hydrogen-bond acceptors (Lipinski definition) is 5. The van der Waals surface area contributed by atoms with Gasteiger partial charge in [0.1, 0.15) is 12.4 Å². The Labute approximate surface area is 154 Å². The van der Waals surface area contributed by atoms with Crippen molar-refractivity contribution in [2.75, 3.05) is 25.6 Å². The summed E-state index contributed by atoms with van der Waals surface area (Å²) in [4.78, 5) is 16.6. The van der Waals surface area contributed by atoms with Crippen LogP contribution in [0.3, 0.4) is 0 Å². The van der Waals surface area contributed by atoms with Crippen LogP contribution in [0.5, 0.6) is 11.6 Å². The number of methoxy groups -OCH3 is 1. The van der Waals surface area contributed by atoms with Crippen molar-refractivity contribution in [2.45, 2.75) is 33.3 Å². The number of pyridine rings is 1. The summed E-state index contributed by atoms with van der Waals surface area (Å²) in [7, 11) is 1.57. The molecule has 6 heteroatoms. The third-order valence-corrected chi connectivity index (χ3v) is 3.47. The molecule has 0 bridgehead atoms. The van der Waals surface area contributed by atoms with Crippen LogP contribution in [-0.4, -0.2) is 36.8 Å². The molecular weight excluding hydrogens is 332 g/mol. The van der Waals surface area contributed by atoms with Gasteiger partial charge < -0.3 is 19.5 Å². The molecule has 0 atom stereocenters. The van der Waals surface area contributed by atoms with Crippen molar-refractivity contribution in [1.29, 1.82) is 0 Å². The number of nitrogens with one attached hydrogen (secondary N) is 1. The number of anilines is 1. The molecule has 0 radical (unpaired) electrons. The summed E-state index contributed by atoms with van der Waals surface area (Å²) in [5, 5.41) is 2.84. The Balaban J connectivity index is 1.93. The minimum Gasteiger partial charge on any atom is -0.495 e. The topological polar surface area (TPSA) is 69.7 Å². The molecule has 26 heavy (non-hydrogen) atoms. The normalized spacial score (nSPS) is 11.1. The molecule has 1 N–H and O–H groups in total. The molecule has 6 nitrogen and oxygen atoms in total. The van der Waals surface area contributed by atoms with Gasteiger partial charge in [0.05, 0.1) is 30.6 Å². The number of carbonyl (C=O) groups is 1. The van der Waals surface area contributed by atoms with E-state index in [0.717, 1.165) is 5.56 Å². The van der Waals surface area contributed by atoms with Crippen molar-refractivity contribution in [1.82, 2.24) is 4.98 Å². The second-order valence-corrected chi connectivity index (χ2v) is 6.85. The number of nitrogens with zero attached hydrogens (tertiary/aromatic N) is 1. The van der Waals surface area contributed by atoms with E-state index in [2.05, 4.69) is 10.3 Å². The Hall–Kier alpha value is -2.60. The van der Waals surface area contributed by atoms with E-state index >= 15 is 0 Å². The van der Waals surface area contributed by atoms with Gasteiger partial charge in [-0.25, -0.2) is 4.98 Å². The van der Waals surface area contributed by atoms with Gasteiger partial charge in [-0.15, -0.1) is 0 Å². The molecule has 0 saturated carbocycles. The molecule has 140 valence electrons. The van der Waals surface area contributed by atoms with Gasteiger partial charge in [-0.3, -0.25) is 4.79 Å². The number of amides is 1. The zero-order valence-electron chi connectivity index (χ0n) is 16.0. The standard InChI is InChI=1S/C20H26N2O4/c1-14-6-8-17(24-5)16(12-14)22-19(23)15-7-9-18(21-13-15)25-10-11-26-20(2,3)4/h6-9,12-13H,10-11H2,1-5H3,(H,22,23). The zero-order chi connectivity index (χ0) is 19.2. The van der Waals surface area contributed by atoms with Gasteiger partial charge in [-0.2, -0.15) is 0 Å². The Kier molecular flexibility index (Phi) is 6.58. The predicted octanol–water partition coefficient (Wildman–Crippen LogP) is 3.84. The van der Waals surface area contributed by atoms with Crippen molar-refractivity contribution in [3.05, 3.63) is 47.7 Å². The highest BCUT2D eigenvalue weighted by atomic mass is 16.5. The van der Waals surface area contributed by atoms with Crippen LogP contribution in [0.4, 0.5) is 5.69 Å². The maximum atomic E-state index is 12.4. The van der Waals surface area contributed by atoms with Gasteiger partial charge in [0, 0.05) is 12.3 Å². The smallest absolute Gasteiger partial charge is 0.257 e. The summed E-state index contributed by atoms with van der Waals surface area (Å²) < 4.78 is 16.4. The fraction of sp³-hybridized carbons (Fsp3) is 0.400. The molecule has 1 heterocycles. The summed E-state index contributed by atoms with van der Waals surface area (Å²) >= 11 is 0. The largest absolute Gasteiger partial charge is 0.495 e. The fourth-order valence-electron chi connectivity index (χ4n) is 2.21. The minimum absolute atomic E-state index is 0.199. The number of carbonyl (C=O) groups excluding carboxylic acids is 1.